The van der Waals surface area contributed by atoms with Gasteiger partial charge in [0.2, 0.25) is 0 Å². The van der Waals surface area contributed by atoms with E-state index in [-0.39, 0.29) is 6.61 Å². The standard InChI is InChI=1S/C15H17F3N2O/c1-11-2-4-13-8-12(3-5-14(13)20-11)9-19-6-7-21-10-15(16,17)18/h2-5,8,19H,6-7,9-10H2,1H3. The molecule has 0 saturated heterocycles. The van der Waals surface area contributed by atoms with Crippen LogP contribution < -0.4 is 5.32 Å². The number of rotatable bonds is 6. The molecule has 0 aliphatic heterocycles. The molecule has 1 aromatic heterocycles. The van der Waals surface area contributed by atoms with Gasteiger partial charge in [0, 0.05) is 24.2 Å². The highest BCUT2D eigenvalue weighted by atomic mass is 19.4. The summed E-state index contributed by atoms with van der Waals surface area (Å²) >= 11 is 0. The van der Waals surface area contributed by atoms with Gasteiger partial charge in [0.05, 0.1) is 12.1 Å². The molecule has 114 valence electrons. The van der Waals surface area contributed by atoms with Gasteiger partial charge < -0.3 is 10.1 Å². The second-order valence-corrected chi connectivity index (χ2v) is 4.82. The first-order valence-corrected chi connectivity index (χ1v) is 6.65. The molecule has 0 atom stereocenters. The summed E-state index contributed by atoms with van der Waals surface area (Å²) in [6.07, 6.45) is -4.26. The van der Waals surface area contributed by atoms with Crippen LogP contribution in [0.1, 0.15) is 11.3 Å². The van der Waals surface area contributed by atoms with Crippen molar-refractivity contribution in [3.05, 3.63) is 41.6 Å². The Hall–Kier alpha value is -1.66. The van der Waals surface area contributed by atoms with Crippen LogP contribution in [0.25, 0.3) is 10.9 Å². The van der Waals surface area contributed by atoms with Crippen molar-refractivity contribution in [3.63, 3.8) is 0 Å². The molecule has 0 unspecified atom stereocenters. The molecular formula is C15H17F3N2O. The number of pyridine rings is 1. The van der Waals surface area contributed by atoms with Crippen molar-refractivity contribution in [1.29, 1.82) is 0 Å². The SMILES string of the molecule is Cc1ccc2cc(CNCCOCC(F)(F)F)ccc2n1. The van der Waals surface area contributed by atoms with Crippen LogP contribution in [0.2, 0.25) is 0 Å². The number of benzene rings is 1. The first-order chi connectivity index (χ1) is 9.94. The van der Waals surface area contributed by atoms with E-state index in [0.29, 0.717) is 13.1 Å². The molecule has 2 aromatic rings. The smallest absolute Gasteiger partial charge is 0.371 e. The lowest BCUT2D eigenvalue weighted by Crippen LogP contribution is -2.23. The number of nitrogens with one attached hydrogen (secondary N) is 1. The fourth-order valence-electron chi connectivity index (χ4n) is 1.95. The van der Waals surface area contributed by atoms with Crippen LogP contribution in [0, 0.1) is 6.92 Å². The van der Waals surface area contributed by atoms with Crippen molar-refractivity contribution < 1.29 is 17.9 Å². The number of ether oxygens (including phenoxy) is 1. The van der Waals surface area contributed by atoms with E-state index in [4.69, 9.17) is 0 Å². The number of halogens is 3. The maximum atomic E-state index is 11.9. The molecule has 0 saturated carbocycles. The van der Waals surface area contributed by atoms with Crippen LogP contribution in [0.15, 0.2) is 30.3 Å². The molecule has 21 heavy (non-hydrogen) atoms. The number of hydrogen-bond acceptors (Lipinski definition) is 3. The topological polar surface area (TPSA) is 34.1 Å². The van der Waals surface area contributed by atoms with Crippen molar-refractivity contribution >= 4 is 10.9 Å². The highest BCUT2D eigenvalue weighted by molar-refractivity contribution is 5.79. The van der Waals surface area contributed by atoms with Crippen LogP contribution in [-0.4, -0.2) is 30.9 Å². The molecule has 0 amide bonds. The maximum Gasteiger partial charge on any atom is 0.411 e. The van der Waals surface area contributed by atoms with Gasteiger partial charge in [-0.05, 0) is 30.7 Å². The first kappa shape index (κ1) is 15.7. The molecule has 1 aromatic carbocycles. The predicted octanol–water partition coefficient (Wildman–Crippen LogP) is 3.21. The number of aryl methyl sites for hydroxylation is 1. The minimum absolute atomic E-state index is 0.0356. The summed E-state index contributed by atoms with van der Waals surface area (Å²) in [5, 5.41) is 4.10. The Labute approximate surface area is 121 Å². The fraction of sp³-hybridized carbons (Fsp3) is 0.400. The average molecular weight is 298 g/mol. The van der Waals surface area contributed by atoms with Gasteiger partial charge in [0.25, 0.3) is 0 Å². The quantitative estimate of drug-likeness (QED) is 0.832. The van der Waals surface area contributed by atoms with Gasteiger partial charge in [-0.2, -0.15) is 13.2 Å². The highest BCUT2D eigenvalue weighted by Gasteiger charge is 2.27. The average Bonchev–Trinajstić information content (AvgIpc) is 2.41. The van der Waals surface area contributed by atoms with Crippen molar-refractivity contribution in [2.75, 3.05) is 19.8 Å². The number of aromatic nitrogens is 1. The van der Waals surface area contributed by atoms with Crippen molar-refractivity contribution in [3.8, 4) is 0 Å². The Balaban J connectivity index is 1.77. The number of alkyl halides is 3. The van der Waals surface area contributed by atoms with Gasteiger partial charge >= 0.3 is 6.18 Å². The largest absolute Gasteiger partial charge is 0.411 e. The van der Waals surface area contributed by atoms with E-state index in [0.717, 1.165) is 22.2 Å². The van der Waals surface area contributed by atoms with Gasteiger partial charge in [-0.15, -0.1) is 0 Å². The highest BCUT2D eigenvalue weighted by Crippen LogP contribution is 2.15. The Morgan fingerprint density at radius 1 is 1.19 bits per heavy atom. The Kier molecular flexibility index (Phi) is 5.14. The van der Waals surface area contributed by atoms with Gasteiger partial charge in [0.1, 0.15) is 6.61 Å². The molecule has 0 radical (unpaired) electrons. The Morgan fingerprint density at radius 2 is 2.00 bits per heavy atom. The molecule has 6 heteroatoms. The van der Waals surface area contributed by atoms with Crippen LogP contribution in [0.4, 0.5) is 13.2 Å². The summed E-state index contributed by atoms with van der Waals surface area (Å²) in [5.41, 5.74) is 2.96. The third-order valence-electron chi connectivity index (χ3n) is 2.91. The third-order valence-corrected chi connectivity index (χ3v) is 2.91. The fourth-order valence-corrected chi connectivity index (χ4v) is 1.95. The summed E-state index contributed by atoms with van der Waals surface area (Å²) in [5.74, 6) is 0. The lowest BCUT2D eigenvalue weighted by molar-refractivity contribution is -0.173. The van der Waals surface area contributed by atoms with Crippen LogP contribution in [0.5, 0.6) is 0 Å². The molecule has 1 N–H and O–H groups in total. The molecule has 2 rings (SSSR count). The summed E-state index contributed by atoms with van der Waals surface area (Å²) in [6.45, 7) is 1.73. The van der Waals surface area contributed by atoms with Crippen LogP contribution >= 0.6 is 0 Å². The summed E-state index contributed by atoms with van der Waals surface area (Å²) < 4.78 is 40.1. The van der Waals surface area contributed by atoms with Crippen LogP contribution in [-0.2, 0) is 11.3 Å². The number of nitrogens with zero attached hydrogens (tertiary/aromatic N) is 1. The zero-order valence-electron chi connectivity index (χ0n) is 11.7. The van der Waals surface area contributed by atoms with E-state index in [1.807, 2.05) is 37.3 Å². The summed E-state index contributed by atoms with van der Waals surface area (Å²) in [6, 6.07) is 9.88. The Morgan fingerprint density at radius 3 is 2.76 bits per heavy atom. The number of fused-ring (bicyclic) bond motifs is 1. The summed E-state index contributed by atoms with van der Waals surface area (Å²) in [4.78, 5) is 4.41. The van der Waals surface area contributed by atoms with E-state index in [2.05, 4.69) is 15.0 Å². The van der Waals surface area contributed by atoms with Gasteiger partial charge in [-0.1, -0.05) is 12.1 Å². The van der Waals surface area contributed by atoms with Gasteiger partial charge in [-0.3, -0.25) is 4.98 Å². The van der Waals surface area contributed by atoms with E-state index in [9.17, 15) is 13.2 Å². The molecular weight excluding hydrogens is 281 g/mol. The van der Waals surface area contributed by atoms with E-state index < -0.39 is 12.8 Å². The zero-order chi connectivity index (χ0) is 15.3. The Bertz CT molecular complexity index is 599. The molecule has 0 aliphatic carbocycles. The normalized spacial score (nSPS) is 12.0. The van der Waals surface area contributed by atoms with E-state index >= 15 is 0 Å². The second-order valence-electron chi connectivity index (χ2n) is 4.82. The summed E-state index contributed by atoms with van der Waals surface area (Å²) in [7, 11) is 0. The van der Waals surface area contributed by atoms with E-state index in [1.165, 1.54) is 0 Å². The van der Waals surface area contributed by atoms with Crippen LogP contribution in [0.3, 0.4) is 0 Å². The lowest BCUT2D eigenvalue weighted by Gasteiger charge is -2.09. The van der Waals surface area contributed by atoms with E-state index in [1.54, 1.807) is 0 Å². The van der Waals surface area contributed by atoms with Gasteiger partial charge in [0.15, 0.2) is 0 Å². The monoisotopic (exact) mass is 298 g/mol. The van der Waals surface area contributed by atoms with Crippen molar-refractivity contribution in [2.24, 2.45) is 0 Å². The molecule has 1 heterocycles. The molecule has 0 fully saturated rings. The van der Waals surface area contributed by atoms with Crippen molar-refractivity contribution in [2.45, 2.75) is 19.6 Å². The second kappa shape index (κ2) is 6.87. The maximum absolute atomic E-state index is 11.9. The molecule has 0 bridgehead atoms. The molecule has 0 spiro atoms. The zero-order valence-corrected chi connectivity index (χ0v) is 11.7. The minimum Gasteiger partial charge on any atom is -0.371 e. The third kappa shape index (κ3) is 5.32. The lowest BCUT2D eigenvalue weighted by atomic mass is 10.1. The van der Waals surface area contributed by atoms with Gasteiger partial charge in [-0.25, -0.2) is 0 Å². The molecule has 0 aliphatic rings. The van der Waals surface area contributed by atoms with Crippen molar-refractivity contribution in [1.82, 2.24) is 10.3 Å². The molecule has 3 nitrogen and oxygen atoms in total. The number of hydrogen-bond donors (Lipinski definition) is 1. The predicted molar refractivity (Wildman–Crippen MR) is 75.1 cm³/mol. The minimum atomic E-state index is -4.26. The first-order valence-electron chi connectivity index (χ1n) is 6.65.